The first-order chi connectivity index (χ1) is 11.5. The predicted octanol–water partition coefficient (Wildman–Crippen LogP) is 1.15. The van der Waals surface area contributed by atoms with E-state index in [-0.39, 0.29) is 17.9 Å². The first kappa shape index (κ1) is 16.6. The first-order valence-corrected chi connectivity index (χ1v) is 8.22. The zero-order valence-corrected chi connectivity index (χ0v) is 14.6. The molecule has 1 saturated heterocycles. The van der Waals surface area contributed by atoms with Crippen LogP contribution in [0.15, 0.2) is 6.20 Å². The number of aryl methyl sites for hydroxylation is 1. The third kappa shape index (κ3) is 3.19. The Bertz CT molecular complexity index is 741. The van der Waals surface area contributed by atoms with Crippen molar-refractivity contribution >= 4 is 22.8 Å². The van der Waals surface area contributed by atoms with E-state index in [1.54, 1.807) is 18.0 Å². The number of hydrogen-bond acceptors (Lipinski definition) is 6. The normalized spacial score (nSPS) is 18.1. The smallest absolute Gasteiger partial charge is 0.224 e. The number of nitrogens with one attached hydrogen (secondary N) is 1. The molecule has 8 nitrogen and oxygen atoms in total. The van der Waals surface area contributed by atoms with Gasteiger partial charge in [0, 0.05) is 39.6 Å². The van der Waals surface area contributed by atoms with Gasteiger partial charge in [-0.25, -0.2) is 9.97 Å². The van der Waals surface area contributed by atoms with Gasteiger partial charge in [-0.15, -0.1) is 0 Å². The second-order valence-corrected chi connectivity index (χ2v) is 6.47. The summed E-state index contributed by atoms with van der Waals surface area (Å²) in [6.07, 6.45) is 2.23. The van der Waals surface area contributed by atoms with Gasteiger partial charge in [0.2, 0.25) is 5.91 Å². The van der Waals surface area contributed by atoms with E-state index in [1.807, 2.05) is 11.9 Å². The van der Waals surface area contributed by atoms with Gasteiger partial charge in [-0.2, -0.15) is 5.10 Å². The van der Waals surface area contributed by atoms with Gasteiger partial charge in [0.05, 0.1) is 24.2 Å². The molecular weight excluding hydrogens is 308 g/mol. The van der Waals surface area contributed by atoms with Crippen LogP contribution in [-0.2, 0) is 16.6 Å². The first-order valence-electron chi connectivity index (χ1n) is 8.22. The number of hydrogen-bond donors (Lipinski definition) is 1. The van der Waals surface area contributed by atoms with Crippen molar-refractivity contribution < 1.29 is 9.53 Å². The van der Waals surface area contributed by atoms with Gasteiger partial charge in [-0.1, -0.05) is 13.8 Å². The molecule has 0 aliphatic carbocycles. The lowest BCUT2D eigenvalue weighted by Crippen LogP contribution is -2.31. The standard InChI is InChI=1S/C16H24N6O2/c1-10(2)14-19-15(12-8-17-21(3)16(12)20-14)18-11-7-13(23)22(9-11)5-6-24-4/h8,10-11H,5-7,9H2,1-4H3,(H,18,19,20)/t11-/m1/s1. The molecule has 3 rings (SSSR count). The quantitative estimate of drug-likeness (QED) is 0.854. The number of rotatable bonds is 6. The van der Waals surface area contributed by atoms with Crippen LogP contribution in [0.3, 0.4) is 0 Å². The summed E-state index contributed by atoms with van der Waals surface area (Å²) in [5.41, 5.74) is 0.803. The number of carbonyl (C=O) groups excluding carboxylic acids is 1. The highest BCUT2D eigenvalue weighted by molar-refractivity contribution is 5.87. The largest absolute Gasteiger partial charge is 0.383 e. The molecule has 1 atom stereocenters. The molecule has 0 saturated carbocycles. The van der Waals surface area contributed by atoms with Crippen LogP contribution in [0.2, 0.25) is 0 Å². The Kier molecular flexibility index (Phi) is 4.66. The summed E-state index contributed by atoms with van der Waals surface area (Å²) in [7, 11) is 3.51. The fourth-order valence-electron chi connectivity index (χ4n) is 2.89. The Balaban J connectivity index is 1.83. The number of nitrogens with zero attached hydrogens (tertiary/aromatic N) is 5. The second-order valence-electron chi connectivity index (χ2n) is 6.47. The minimum Gasteiger partial charge on any atom is -0.383 e. The van der Waals surface area contributed by atoms with Gasteiger partial charge >= 0.3 is 0 Å². The number of carbonyl (C=O) groups is 1. The SMILES string of the molecule is COCCN1C[C@H](Nc2nc(C(C)C)nc3c2cnn3C)CC1=O. The molecule has 3 heterocycles. The van der Waals surface area contributed by atoms with Crippen molar-refractivity contribution in [3.63, 3.8) is 0 Å². The molecule has 1 aliphatic heterocycles. The highest BCUT2D eigenvalue weighted by Crippen LogP contribution is 2.25. The van der Waals surface area contributed by atoms with Crippen molar-refractivity contribution in [3.8, 4) is 0 Å². The summed E-state index contributed by atoms with van der Waals surface area (Å²) < 4.78 is 6.81. The molecule has 0 radical (unpaired) electrons. The van der Waals surface area contributed by atoms with E-state index in [1.165, 1.54) is 0 Å². The number of methoxy groups -OCH3 is 1. The van der Waals surface area contributed by atoms with Crippen molar-refractivity contribution in [1.82, 2.24) is 24.6 Å². The fraction of sp³-hybridized carbons (Fsp3) is 0.625. The molecular formula is C16H24N6O2. The predicted molar refractivity (Wildman–Crippen MR) is 90.9 cm³/mol. The minimum atomic E-state index is 0.0349. The molecule has 8 heteroatoms. The number of anilines is 1. The highest BCUT2D eigenvalue weighted by atomic mass is 16.5. The monoisotopic (exact) mass is 332 g/mol. The maximum atomic E-state index is 12.1. The van der Waals surface area contributed by atoms with Gasteiger partial charge in [0.1, 0.15) is 11.6 Å². The van der Waals surface area contributed by atoms with Crippen molar-refractivity contribution in [2.75, 3.05) is 32.1 Å². The third-order valence-electron chi connectivity index (χ3n) is 4.25. The van der Waals surface area contributed by atoms with E-state index in [0.29, 0.717) is 26.1 Å². The van der Waals surface area contributed by atoms with Crippen LogP contribution in [0.1, 0.15) is 32.0 Å². The Morgan fingerprint density at radius 2 is 2.21 bits per heavy atom. The molecule has 0 aromatic carbocycles. The summed E-state index contributed by atoms with van der Waals surface area (Å²) in [5, 5.41) is 8.58. The van der Waals surface area contributed by atoms with E-state index >= 15 is 0 Å². The van der Waals surface area contributed by atoms with Gasteiger partial charge in [-0.3, -0.25) is 9.48 Å². The maximum absolute atomic E-state index is 12.1. The molecule has 1 N–H and O–H groups in total. The summed E-state index contributed by atoms with van der Waals surface area (Å²) in [6.45, 7) is 5.96. The fourth-order valence-corrected chi connectivity index (χ4v) is 2.89. The lowest BCUT2D eigenvalue weighted by atomic mass is 10.2. The number of amides is 1. The van der Waals surface area contributed by atoms with Crippen molar-refractivity contribution in [3.05, 3.63) is 12.0 Å². The van der Waals surface area contributed by atoms with Crippen LogP contribution in [0, 0.1) is 0 Å². The number of aromatic nitrogens is 4. The molecule has 1 amide bonds. The lowest BCUT2D eigenvalue weighted by Gasteiger charge is -2.17. The van der Waals surface area contributed by atoms with Crippen LogP contribution < -0.4 is 5.32 Å². The van der Waals surface area contributed by atoms with Crippen molar-refractivity contribution in [2.45, 2.75) is 32.2 Å². The van der Waals surface area contributed by atoms with Crippen LogP contribution in [0.25, 0.3) is 11.0 Å². The third-order valence-corrected chi connectivity index (χ3v) is 4.25. The molecule has 1 aliphatic rings. The van der Waals surface area contributed by atoms with Crippen LogP contribution in [0.4, 0.5) is 5.82 Å². The summed E-state index contributed by atoms with van der Waals surface area (Å²) in [6, 6.07) is 0.0349. The number of fused-ring (bicyclic) bond motifs is 1. The molecule has 0 bridgehead atoms. The van der Waals surface area contributed by atoms with E-state index in [9.17, 15) is 4.79 Å². The molecule has 0 unspecified atom stereocenters. The molecule has 2 aromatic rings. The minimum absolute atomic E-state index is 0.0349. The summed E-state index contributed by atoms with van der Waals surface area (Å²) in [5.74, 6) is 1.88. The topological polar surface area (TPSA) is 85.2 Å². The molecule has 1 fully saturated rings. The van der Waals surface area contributed by atoms with Crippen molar-refractivity contribution in [1.29, 1.82) is 0 Å². The van der Waals surface area contributed by atoms with Crippen molar-refractivity contribution in [2.24, 2.45) is 7.05 Å². The van der Waals surface area contributed by atoms with Gasteiger partial charge < -0.3 is 15.0 Å². The lowest BCUT2D eigenvalue weighted by molar-refractivity contribution is -0.128. The summed E-state index contributed by atoms with van der Waals surface area (Å²) >= 11 is 0. The van der Waals surface area contributed by atoms with Crippen LogP contribution in [0.5, 0.6) is 0 Å². The Hall–Kier alpha value is -2.22. The zero-order valence-electron chi connectivity index (χ0n) is 14.6. The van der Waals surface area contributed by atoms with Gasteiger partial charge in [0.15, 0.2) is 5.65 Å². The van der Waals surface area contributed by atoms with Gasteiger partial charge in [-0.05, 0) is 0 Å². The Morgan fingerprint density at radius 3 is 2.92 bits per heavy atom. The number of ether oxygens (including phenoxy) is 1. The maximum Gasteiger partial charge on any atom is 0.224 e. The second kappa shape index (κ2) is 6.72. The van der Waals surface area contributed by atoms with E-state index in [0.717, 1.165) is 22.7 Å². The van der Waals surface area contributed by atoms with Crippen LogP contribution >= 0.6 is 0 Å². The van der Waals surface area contributed by atoms with Crippen LogP contribution in [-0.4, -0.2) is 63.4 Å². The van der Waals surface area contributed by atoms with E-state index < -0.39 is 0 Å². The van der Waals surface area contributed by atoms with E-state index in [2.05, 4.69) is 34.2 Å². The molecule has 130 valence electrons. The van der Waals surface area contributed by atoms with E-state index in [4.69, 9.17) is 4.74 Å². The number of likely N-dealkylation sites (tertiary alicyclic amines) is 1. The Morgan fingerprint density at radius 1 is 1.42 bits per heavy atom. The summed E-state index contributed by atoms with van der Waals surface area (Å²) in [4.78, 5) is 23.2. The molecule has 2 aromatic heterocycles. The average Bonchev–Trinajstić information content (AvgIpc) is 3.08. The molecule has 24 heavy (non-hydrogen) atoms. The highest BCUT2D eigenvalue weighted by Gasteiger charge is 2.30. The zero-order chi connectivity index (χ0) is 17.3. The Labute approximate surface area is 141 Å². The average molecular weight is 332 g/mol. The van der Waals surface area contributed by atoms with Gasteiger partial charge in [0.25, 0.3) is 0 Å². The molecule has 0 spiro atoms.